The Kier molecular flexibility index (Phi) is 5.59. The molecule has 2 nitrogen and oxygen atoms in total. The normalized spacial score (nSPS) is 15.3. The highest BCUT2D eigenvalue weighted by molar-refractivity contribution is 7.91. The van der Waals surface area contributed by atoms with Crippen LogP contribution in [-0.2, 0) is 9.84 Å². The van der Waals surface area contributed by atoms with Gasteiger partial charge in [-0.2, -0.15) is 43.9 Å². The minimum Gasteiger partial charge on any atom is -0.229 e. The molecular weight excluding hydrogens is 350 g/mol. The first kappa shape index (κ1) is 20.2. The molecule has 0 rings (SSSR count). The van der Waals surface area contributed by atoms with Crippen LogP contribution in [0, 0.1) is 0 Å². The van der Waals surface area contributed by atoms with Gasteiger partial charge in [0.15, 0.2) is 9.84 Å². The molecule has 0 amide bonds. The van der Waals surface area contributed by atoms with Crippen molar-refractivity contribution in [2.75, 3.05) is 11.5 Å². The smallest absolute Gasteiger partial charge is 0.229 e. The van der Waals surface area contributed by atoms with Gasteiger partial charge in [0.05, 0.1) is 17.9 Å². The molecule has 0 aromatic rings. The third kappa shape index (κ3) is 5.87. The molecule has 0 aromatic heterocycles. The quantitative estimate of drug-likeness (QED) is 0.681. The second kappa shape index (κ2) is 5.80. The van der Waals surface area contributed by atoms with Crippen LogP contribution in [0.4, 0.5) is 43.9 Å². The molecule has 0 aliphatic carbocycles. The molecule has 0 N–H and O–H groups in total. The Morgan fingerprint density at radius 1 is 0.667 bits per heavy atom. The predicted octanol–water partition coefficient (Wildman–Crippen LogP) is 3.58. The van der Waals surface area contributed by atoms with E-state index in [-0.39, 0.29) is 0 Å². The first-order chi connectivity index (χ1) is 8.91. The highest BCUT2D eigenvalue weighted by Crippen LogP contribution is 2.48. The fourth-order valence-corrected chi connectivity index (χ4v) is 2.34. The largest absolute Gasteiger partial charge is 0.459 e. The zero-order valence-corrected chi connectivity index (χ0v) is 10.6. The highest BCUT2D eigenvalue weighted by Gasteiger charge is 2.72. The van der Waals surface area contributed by atoms with E-state index >= 15 is 0 Å². The molecule has 0 bridgehead atoms. The molecule has 128 valence electrons. The maximum absolute atomic E-state index is 12.7. The number of hydrogen-bond donors (Lipinski definition) is 0. The monoisotopic (exact) mass is 358 g/mol. The Morgan fingerprint density at radius 2 is 1.05 bits per heavy atom. The molecule has 0 aliphatic rings. The van der Waals surface area contributed by atoms with Crippen LogP contribution < -0.4 is 0 Å². The predicted molar refractivity (Wildman–Crippen MR) is 49.9 cm³/mol. The van der Waals surface area contributed by atoms with Crippen molar-refractivity contribution in [1.29, 1.82) is 0 Å². The molecule has 0 heterocycles. The number of sulfone groups is 1. The van der Waals surface area contributed by atoms with Crippen LogP contribution in [0.2, 0.25) is 0 Å². The summed E-state index contributed by atoms with van der Waals surface area (Å²) in [4.78, 5) is 0. The molecular formula is C8H8F10O2S. The van der Waals surface area contributed by atoms with Crippen LogP contribution in [0.15, 0.2) is 0 Å². The van der Waals surface area contributed by atoms with Gasteiger partial charge in [0.1, 0.15) is 0 Å². The van der Waals surface area contributed by atoms with E-state index in [1.807, 2.05) is 0 Å². The summed E-state index contributed by atoms with van der Waals surface area (Å²) in [5.74, 6) is -15.8. The molecule has 0 unspecified atom stereocenters. The van der Waals surface area contributed by atoms with Gasteiger partial charge in [-0.05, 0) is 0 Å². The van der Waals surface area contributed by atoms with Gasteiger partial charge in [0.2, 0.25) is 0 Å². The second-order valence-electron chi connectivity index (χ2n) is 4.04. The van der Waals surface area contributed by atoms with Crippen LogP contribution in [0.25, 0.3) is 0 Å². The van der Waals surface area contributed by atoms with Gasteiger partial charge in [0, 0.05) is 6.42 Å². The molecule has 0 fully saturated rings. The molecule has 0 aromatic carbocycles. The summed E-state index contributed by atoms with van der Waals surface area (Å²) >= 11 is 0. The molecule has 0 saturated carbocycles. The van der Waals surface area contributed by atoms with Crippen LogP contribution in [0.5, 0.6) is 0 Å². The summed E-state index contributed by atoms with van der Waals surface area (Å²) in [6.07, 6.45) is -15.9. The van der Waals surface area contributed by atoms with Crippen molar-refractivity contribution in [1.82, 2.24) is 0 Å². The van der Waals surface area contributed by atoms with E-state index in [4.69, 9.17) is 0 Å². The molecule has 0 radical (unpaired) electrons. The lowest BCUT2D eigenvalue weighted by atomic mass is 10.1. The molecule has 13 heteroatoms. The first-order valence-corrected chi connectivity index (χ1v) is 6.83. The average Bonchev–Trinajstić information content (AvgIpc) is 2.22. The van der Waals surface area contributed by atoms with E-state index < -0.39 is 58.4 Å². The van der Waals surface area contributed by atoms with E-state index in [2.05, 4.69) is 0 Å². The Morgan fingerprint density at radius 3 is 1.38 bits per heavy atom. The summed E-state index contributed by atoms with van der Waals surface area (Å²) in [6, 6.07) is 0. The standard InChI is InChI=1S/C8H8F10O2S/c9-5(10,7(14,15)8(16,17)18)1-3-21(19,20)4-2-6(11,12)13/h1-4H2. The van der Waals surface area contributed by atoms with Gasteiger partial charge in [-0.1, -0.05) is 0 Å². The third-order valence-corrected chi connectivity index (χ3v) is 3.89. The van der Waals surface area contributed by atoms with Crippen molar-refractivity contribution >= 4 is 9.84 Å². The summed E-state index contributed by atoms with van der Waals surface area (Å²) in [5, 5.41) is 0. The zero-order chi connectivity index (χ0) is 17.3. The maximum Gasteiger partial charge on any atom is 0.459 e. The van der Waals surface area contributed by atoms with E-state index in [1.54, 1.807) is 0 Å². The Bertz CT molecular complexity index is 447. The van der Waals surface area contributed by atoms with Crippen LogP contribution in [0.1, 0.15) is 12.8 Å². The fourth-order valence-electron chi connectivity index (χ4n) is 1.02. The molecule has 0 atom stereocenters. The number of hydrogen-bond acceptors (Lipinski definition) is 2. The summed E-state index contributed by atoms with van der Waals surface area (Å²) in [7, 11) is -4.85. The average molecular weight is 358 g/mol. The second-order valence-corrected chi connectivity index (χ2v) is 6.35. The van der Waals surface area contributed by atoms with E-state index in [0.29, 0.717) is 0 Å². The molecule has 0 saturated heterocycles. The summed E-state index contributed by atoms with van der Waals surface area (Å²) in [5.41, 5.74) is 0. The van der Waals surface area contributed by atoms with E-state index in [1.165, 1.54) is 0 Å². The first-order valence-electron chi connectivity index (χ1n) is 5.01. The van der Waals surface area contributed by atoms with E-state index in [0.717, 1.165) is 0 Å². The van der Waals surface area contributed by atoms with Crippen LogP contribution in [0.3, 0.4) is 0 Å². The highest BCUT2D eigenvalue weighted by atomic mass is 32.2. The van der Waals surface area contributed by atoms with Crippen molar-refractivity contribution in [2.45, 2.75) is 37.0 Å². The molecule has 0 spiro atoms. The van der Waals surface area contributed by atoms with Crippen molar-refractivity contribution < 1.29 is 52.3 Å². The van der Waals surface area contributed by atoms with Crippen molar-refractivity contribution in [2.24, 2.45) is 0 Å². The Hall–Kier alpha value is -0.750. The van der Waals surface area contributed by atoms with Gasteiger partial charge in [0.25, 0.3) is 0 Å². The summed E-state index contributed by atoms with van der Waals surface area (Å²) in [6.45, 7) is 0. The SMILES string of the molecule is O=S(=O)(CCC(F)(F)F)CCC(F)(F)C(F)(F)C(F)(F)F. The van der Waals surface area contributed by atoms with Crippen molar-refractivity contribution in [3.8, 4) is 0 Å². The fraction of sp³-hybridized carbons (Fsp3) is 1.00. The number of rotatable bonds is 6. The Balaban J connectivity index is 4.85. The topological polar surface area (TPSA) is 34.1 Å². The lowest BCUT2D eigenvalue weighted by Gasteiger charge is -2.28. The van der Waals surface area contributed by atoms with Gasteiger partial charge >= 0.3 is 24.2 Å². The van der Waals surface area contributed by atoms with Crippen LogP contribution >= 0.6 is 0 Å². The van der Waals surface area contributed by atoms with Gasteiger partial charge in [-0.25, -0.2) is 8.42 Å². The maximum atomic E-state index is 12.7. The van der Waals surface area contributed by atoms with Crippen LogP contribution in [-0.4, -0.2) is 44.1 Å². The minimum absolute atomic E-state index is 1.68. The van der Waals surface area contributed by atoms with Crippen molar-refractivity contribution in [3.05, 3.63) is 0 Å². The molecule has 0 aliphatic heterocycles. The molecule has 21 heavy (non-hydrogen) atoms. The van der Waals surface area contributed by atoms with Crippen molar-refractivity contribution in [3.63, 3.8) is 0 Å². The number of alkyl halides is 10. The van der Waals surface area contributed by atoms with Gasteiger partial charge in [-0.15, -0.1) is 0 Å². The lowest BCUT2D eigenvalue weighted by molar-refractivity contribution is -0.354. The van der Waals surface area contributed by atoms with E-state index in [9.17, 15) is 52.3 Å². The number of halogens is 10. The zero-order valence-electron chi connectivity index (χ0n) is 9.83. The Labute approximate surface area is 112 Å². The summed E-state index contributed by atoms with van der Waals surface area (Å²) < 4.78 is 143. The third-order valence-electron chi connectivity index (χ3n) is 2.24. The van der Waals surface area contributed by atoms with Gasteiger partial charge in [-0.3, -0.25) is 0 Å². The van der Waals surface area contributed by atoms with Gasteiger partial charge < -0.3 is 0 Å². The lowest BCUT2D eigenvalue weighted by Crippen LogP contribution is -2.52. The minimum atomic E-state index is -6.62.